The third kappa shape index (κ3) is 6.50. The molecule has 2 aliphatic carbocycles. The number of nitrogens with zero attached hydrogens (tertiary/aromatic N) is 1. The molecule has 4 N–H and O–H groups in total. The van der Waals surface area contributed by atoms with Gasteiger partial charge >= 0.3 is 23.7 Å². The fraction of sp³-hybridized carbons (Fsp3) is 0.952. The highest BCUT2D eigenvalue weighted by atomic mass is 19.4. The van der Waals surface area contributed by atoms with E-state index in [1.165, 1.54) is 0 Å². The number of nitrogens with two attached hydrogens (primary N) is 2. The van der Waals surface area contributed by atoms with Crippen molar-refractivity contribution in [3.63, 3.8) is 0 Å². The Morgan fingerprint density at radius 3 is 1.71 bits per heavy atom. The first-order valence-corrected chi connectivity index (χ1v) is 11.3. The van der Waals surface area contributed by atoms with E-state index in [0.717, 1.165) is 0 Å². The Hall–Kier alpha value is -1.23. The zero-order valence-corrected chi connectivity index (χ0v) is 18.6. The molecule has 34 heavy (non-hydrogen) atoms. The quantitative estimate of drug-likeness (QED) is 0.396. The lowest BCUT2D eigenvalue weighted by atomic mass is 9.88. The van der Waals surface area contributed by atoms with Crippen molar-refractivity contribution in [2.75, 3.05) is 13.2 Å². The molecule has 198 valence electrons. The topological polar surface area (TPSA) is 94.3 Å². The van der Waals surface area contributed by atoms with Crippen molar-refractivity contribution < 1.29 is 44.6 Å². The minimum atomic E-state index is -6.34. The Kier molecular flexibility index (Phi) is 9.57. The molecule has 3 unspecified atom stereocenters. The van der Waals surface area contributed by atoms with Crippen LogP contribution in [0, 0.1) is 17.2 Å². The maximum atomic E-state index is 14.1. The highest BCUT2D eigenvalue weighted by Crippen LogP contribution is 2.54. The standard InChI is InChI=1S/C21H31F8N3O2/c22-18(23,7-9-33-15-4-1-13(12-30)2-5-15)20(26,27)21(28,29)19(24,25)8-10-34-17-6-3-14(31)11-16(17)32/h13-17H,1-11,31-32H2. The van der Waals surface area contributed by atoms with E-state index < -0.39 is 68.0 Å². The second-order valence-corrected chi connectivity index (χ2v) is 9.18. The van der Waals surface area contributed by atoms with Gasteiger partial charge in [-0.3, -0.25) is 0 Å². The number of hydrogen-bond acceptors (Lipinski definition) is 5. The molecule has 2 saturated carbocycles. The van der Waals surface area contributed by atoms with Gasteiger partial charge in [0.05, 0.1) is 31.5 Å². The summed E-state index contributed by atoms with van der Waals surface area (Å²) in [6.45, 7) is -2.08. The van der Waals surface area contributed by atoms with Crippen LogP contribution in [0.1, 0.15) is 57.8 Å². The molecule has 3 atom stereocenters. The predicted molar refractivity (Wildman–Crippen MR) is 106 cm³/mol. The SMILES string of the molecule is N#CC1CCC(OCCC(F)(F)C(F)(F)C(F)(F)C(F)(F)CCOC2CCC(N)CC2N)CC1. The molecule has 0 amide bonds. The van der Waals surface area contributed by atoms with Crippen molar-refractivity contribution in [2.45, 2.75) is 106 Å². The predicted octanol–water partition coefficient (Wildman–Crippen LogP) is 4.63. The number of halogens is 8. The molecule has 0 aromatic heterocycles. The Balaban J connectivity index is 1.90. The Morgan fingerprint density at radius 2 is 1.24 bits per heavy atom. The van der Waals surface area contributed by atoms with Crippen LogP contribution in [0.5, 0.6) is 0 Å². The van der Waals surface area contributed by atoms with Crippen molar-refractivity contribution in [1.29, 1.82) is 5.26 Å². The van der Waals surface area contributed by atoms with Gasteiger partial charge in [-0.2, -0.15) is 40.4 Å². The summed E-state index contributed by atoms with van der Waals surface area (Å²) in [5, 5.41) is 8.81. The summed E-state index contributed by atoms with van der Waals surface area (Å²) in [5.41, 5.74) is 11.4. The summed E-state index contributed by atoms with van der Waals surface area (Å²) in [6, 6.07) is 1.18. The Labute approximate surface area is 193 Å². The van der Waals surface area contributed by atoms with E-state index in [1.54, 1.807) is 0 Å². The number of ether oxygens (including phenoxy) is 2. The zero-order valence-electron chi connectivity index (χ0n) is 18.6. The molecule has 0 aromatic rings. The van der Waals surface area contributed by atoms with Gasteiger partial charge in [0.1, 0.15) is 0 Å². The molecule has 0 heterocycles. The van der Waals surface area contributed by atoms with E-state index in [-0.39, 0.29) is 18.4 Å². The molecule has 2 aliphatic rings. The Bertz CT molecular complexity index is 696. The van der Waals surface area contributed by atoms with Gasteiger partial charge in [-0.1, -0.05) is 0 Å². The van der Waals surface area contributed by atoms with Crippen LogP contribution in [0.15, 0.2) is 0 Å². The lowest BCUT2D eigenvalue weighted by Gasteiger charge is -2.37. The van der Waals surface area contributed by atoms with Crippen molar-refractivity contribution in [2.24, 2.45) is 17.4 Å². The summed E-state index contributed by atoms with van der Waals surface area (Å²) in [7, 11) is 0. The molecule has 0 bridgehead atoms. The van der Waals surface area contributed by atoms with Crippen molar-refractivity contribution in [3.8, 4) is 6.07 Å². The van der Waals surface area contributed by atoms with Gasteiger partial charge in [0.15, 0.2) is 0 Å². The third-order valence-corrected chi connectivity index (χ3v) is 6.56. The number of alkyl halides is 8. The zero-order chi connectivity index (χ0) is 25.8. The maximum Gasteiger partial charge on any atom is 0.378 e. The van der Waals surface area contributed by atoms with E-state index >= 15 is 0 Å². The summed E-state index contributed by atoms with van der Waals surface area (Å²) in [6.07, 6.45) is -2.57. The highest BCUT2D eigenvalue weighted by Gasteiger charge is 2.79. The largest absolute Gasteiger partial charge is 0.378 e. The average Bonchev–Trinajstić information content (AvgIpc) is 2.75. The molecular weight excluding hydrogens is 478 g/mol. The first-order valence-electron chi connectivity index (χ1n) is 11.3. The minimum absolute atomic E-state index is 0.220. The highest BCUT2D eigenvalue weighted by molar-refractivity contribution is 5.03. The molecule has 2 rings (SSSR count). The average molecular weight is 509 g/mol. The van der Waals surface area contributed by atoms with Gasteiger partial charge in [-0.15, -0.1) is 0 Å². The molecule has 0 saturated heterocycles. The van der Waals surface area contributed by atoms with Gasteiger partial charge in [-0.25, -0.2) is 0 Å². The van der Waals surface area contributed by atoms with E-state index in [2.05, 4.69) is 0 Å². The number of rotatable bonds is 11. The number of nitriles is 1. The lowest BCUT2D eigenvalue weighted by molar-refractivity contribution is -0.370. The first kappa shape index (κ1) is 29.0. The second kappa shape index (κ2) is 11.2. The summed E-state index contributed by atoms with van der Waals surface area (Å²) >= 11 is 0. The van der Waals surface area contributed by atoms with Crippen molar-refractivity contribution in [3.05, 3.63) is 0 Å². The lowest BCUT2D eigenvalue weighted by Crippen LogP contribution is -2.62. The van der Waals surface area contributed by atoms with Crippen LogP contribution in [0.2, 0.25) is 0 Å². The van der Waals surface area contributed by atoms with E-state index in [0.29, 0.717) is 38.5 Å². The van der Waals surface area contributed by atoms with Crippen LogP contribution in [0.25, 0.3) is 0 Å². The van der Waals surface area contributed by atoms with Crippen LogP contribution in [0.4, 0.5) is 35.1 Å². The molecule has 13 heteroatoms. The molecule has 0 aromatic carbocycles. The van der Waals surface area contributed by atoms with Crippen molar-refractivity contribution >= 4 is 0 Å². The molecular formula is C21H31F8N3O2. The normalized spacial score (nSPS) is 29.6. The van der Waals surface area contributed by atoms with Crippen LogP contribution >= 0.6 is 0 Å². The fourth-order valence-corrected chi connectivity index (χ4v) is 4.24. The molecule has 2 fully saturated rings. The van der Waals surface area contributed by atoms with E-state index in [4.69, 9.17) is 26.2 Å². The van der Waals surface area contributed by atoms with Crippen LogP contribution in [-0.4, -0.2) is 61.2 Å². The molecule has 0 radical (unpaired) electrons. The monoisotopic (exact) mass is 509 g/mol. The molecule has 0 spiro atoms. The van der Waals surface area contributed by atoms with Crippen molar-refractivity contribution in [1.82, 2.24) is 0 Å². The van der Waals surface area contributed by atoms with Gasteiger partial charge in [0.25, 0.3) is 0 Å². The van der Waals surface area contributed by atoms with Crippen LogP contribution < -0.4 is 11.5 Å². The molecule has 0 aliphatic heterocycles. The summed E-state index contributed by atoms with van der Waals surface area (Å²) in [4.78, 5) is 0. The Morgan fingerprint density at radius 1 is 0.735 bits per heavy atom. The second-order valence-electron chi connectivity index (χ2n) is 9.18. The third-order valence-electron chi connectivity index (χ3n) is 6.56. The summed E-state index contributed by atoms with van der Waals surface area (Å²) < 4.78 is 123. The maximum absolute atomic E-state index is 14.1. The van der Waals surface area contributed by atoms with Gasteiger partial charge < -0.3 is 20.9 Å². The van der Waals surface area contributed by atoms with Gasteiger partial charge in [-0.05, 0) is 44.9 Å². The van der Waals surface area contributed by atoms with E-state index in [1.807, 2.05) is 6.07 Å². The molecule has 5 nitrogen and oxygen atoms in total. The minimum Gasteiger partial charge on any atom is -0.378 e. The number of hydrogen-bond donors (Lipinski definition) is 2. The smallest absolute Gasteiger partial charge is 0.378 e. The fourth-order valence-electron chi connectivity index (χ4n) is 4.24. The summed E-state index contributed by atoms with van der Waals surface area (Å²) in [5.74, 6) is -23.8. The van der Waals surface area contributed by atoms with E-state index in [9.17, 15) is 35.1 Å². The van der Waals surface area contributed by atoms with Gasteiger partial charge in [0.2, 0.25) is 0 Å². The van der Waals surface area contributed by atoms with Gasteiger partial charge in [0, 0.05) is 30.8 Å². The van der Waals surface area contributed by atoms with Crippen LogP contribution in [0.3, 0.4) is 0 Å². The van der Waals surface area contributed by atoms with Crippen LogP contribution in [-0.2, 0) is 9.47 Å². The first-order chi connectivity index (χ1) is 15.6.